The van der Waals surface area contributed by atoms with E-state index < -0.39 is 0 Å². The van der Waals surface area contributed by atoms with Crippen LogP contribution in [0.2, 0.25) is 0 Å². The lowest BCUT2D eigenvalue weighted by molar-refractivity contribution is -0.123. The fourth-order valence-corrected chi connectivity index (χ4v) is 3.80. The van der Waals surface area contributed by atoms with Gasteiger partial charge in [-0.25, -0.2) is 0 Å². The van der Waals surface area contributed by atoms with E-state index >= 15 is 0 Å². The van der Waals surface area contributed by atoms with Crippen molar-refractivity contribution in [3.8, 4) is 5.75 Å². The lowest BCUT2D eigenvalue weighted by Crippen LogP contribution is -2.33. The van der Waals surface area contributed by atoms with Crippen LogP contribution in [0.3, 0.4) is 0 Å². The summed E-state index contributed by atoms with van der Waals surface area (Å²) >= 11 is 4.90. The molecule has 0 aliphatic carbocycles. The molecule has 6 heteroatoms. The van der Waals surface area contributed by atoms with E-state index in [2.05, 4.69) is 21.2 Å². The van der Waals surface area contributed by atoms with Gasteiger partial charge in [0.15, 0.2) is 12.9 Å². The van der Waals surface area contributed by atoms with E-state index in [4.69, 9.17) is 4.74 Å². The number of amides is 1. The van der Waals surface area contributed by atoms with Gasteiger partial charge in [-0.05, 0) is 42.1 Å². The largest absolute Gasteiger partial charge is 0.483 e. The quantitative estimate of drug-likeness (QED) is 0.527. The number of aldehydes is 1. The number of halogens is 1. The molecule has 3 rings (SSSR count). The van der Waals surface area contributed by atoms with Gasteiger partial charge in [0, 0.05) is 9.35 Å². The number of carbonyl (C=O) groups is 2. The van der Waals surface area contributed by atoms with Crippen LogP contribution in [0, 0.1) is 6.92 Å². The minimum Gasteiger partial charge on any atom is -0.483 e. The Hall–Kier alpha value is -2.44. The summed E-state index contributed by atoms with van der Waals surface area (Å²) in [5.41, 5.74) is 2.56. The van der Waals surface area contributed by atoms with Crippen molar-refractivity contribution in [1.29, 1.82) is 0 Å². The molecule has 1 unspecified atom stereocenters. The van der Waals surface area contributed by atoms with E-state index in [0.29, 0.717) is 17.6 Å². The van der Waals surface area contributed by atoms with Gasteiger partial charge in [-0.1, -0.05) is 51.8 Å². The number of hydrogen-bond acceptors (Lipinski definition) is 4. The summed E-state index contributed by atoms with van der Waals surface area (Å²) in [5, 5.41) is 5.01. The summed E-state index contributed by atoms with van der Waals surface area (Å²) in [7, 11) is 0. The van der Waals surface area contributed by atoms with Crippen LogP contribution in [-0.2, 0) is 4.79 Å². The number of carbonyl (C=O) groups excluding carboxylic acids is 2. The topological polar surface area (TPSA) is 55.4 Å². The SMILES string of the molecule is Cc1ccc(C(NC(=O)COc2ccc(Br)cc2C=O)c2cccs2)cc1. The maximum Gasteiger partial charge on any atom is 0.258 e. The van der Waals surface area contributed by atoms with Crippen LogP contribution in [0.25, 0.3) is 0 Å². The van der Waals surface area contributed by atoms with Crippen LogP contribution >= 0.6 is 27.3 Å². The van der Waals surface area contributed by atoms with Crippen molar-refractivity contribution in [3.63, 3.8) is 0 Å². The Morgan fingerprint density at radius 1 is 1.22 bits per heavy atom. The van der Waals surface area contributed by atoms with Crippen molar-refractivity contribution in [2.75, 3.05) is 6.61 Å². The first-order valence-electron chi connectivity index (χ1n) is 8.33. The zero-order valence-electron chi connectivity index (χ0n) is 14.6. The number of ether oxygens (including phenoxy) is 1. The highest BCUT2D eigenvalue weighted by Crippen LogP contribution is 2.26. The molecule has 1 amide bonds. The van der Waals surface area contributed by atoms with Crippen LogP contribution in [-0.4, -0.2) is 18.8 Å². The second kappa shape index (κ2) is 8.97. The van der Waals surface area contributed by atoms with Gasteiger partial charge in [0.05, 0.1) is 11.6 Å². The number of thiophene rings is 1. The smallest absolute Gasteiger partial charge is 0.258 e. The molecule has 4 nitrogen and oxygen atoms in total. The predicted molar refractivity (Wildman–Crippen MR) is 111 cm³/mol. The van der Waals surface area contributed by atoms with Crippen molar-refractivity contribution in [1.82, 2.24) is 5.32 Å². The highest BCUT2D eigenvalue weighted by atomic mass is 79.9. The molecule has 1 heterocycles. The normalized spacial score (nSPS) is 11.6. The minimum atomic E-state index is -0.256. The average molecular weight is 444 g/mol. The maximum atomic E-state index is 12.5. The van der Waals surface area contributed by atoms with Gasteiger partial charge in [0.25, 0.3) is 5.91 Å². The van der Waals surface area contributed by atoms with E-state index in [-0.39, 0.29) is 18.6 Å². The summed E-state index contributed by atoms with van der Waals surface area (Å²) < 4.78 is 6.33. The lowest BCUT2D eigenvalue weighted by Gasteiger charge is -2.19. The molecule has 0 saturated carbocycles. The van der Waals surface area contributed by atoms with Crippen LogP contribution in [0.5, 0.6) is 5.75 Å². The Balaban J connectivity index is 1.72. The Kier molecular flexibility index (Phi) is 6.42. The second-order valence-electron chi connectivity index (χ2n) is 6.02. The Labute approximate surface area is 170 Å². The van der Waals surface area contributed by atoms with Crippen molar-refractivity contribution < 1.29 is 14.3 Å². The molecule has 1 N–H and O–H groups in total. The third kappa shape index (κ3) is 5.05. The molecule has 0 radical (unpaired) electrons. The molecule has 0 aliphatic heterocycles. The monoisotopic (exact) mass is 443 g/mol. The molecule has 0 spiro atoms. The molecule has 0 bridgehead atoms. The first-order valence-corrected chi connectivity index (χ1v) is 10.0. The molecule has 0 aliphatic rings. The Bertz CT molecular complexity index is 923. The van der Waals surface area contributed by atoms with Crippen LogP contribution < -0.4 is 10.1 Å². The third-order valence-corrected chi connectivity index (χ3v) is 5.43. The van der Waals surface area contributed by atoms with Gasteiger partial charge in [-0.15, -0.1) is 11.3 Å². The molecular formula is C21H18BrNO3S. The van der Waals surface area contributed by atoms with Crippen LogP contribution in [0.4, 0.5) is 0 Å². The summed E-state index contributed by atoms with van der Waals surface area (Å²) in [6, 6.07) is 16.9. The van der Waals surface area contributed by atoms with E-state index in [1.165, 1.54) is 0 Å². The molecule has 27 heavy (non-hydrogen) atoms. The third-order valence-electron chi connectivity index (χ3n) is 4.00. The van der Waals surface area contributed by atoms with Gasteiger partial charge < -0.3 is 10.1 Å². The molecule has 138 valence electrons. The number of hydrogen-bond donors (Lipinski definition) is 1. The number of benzene rings is 2. The standard InChI is InChI=1S/C21H18BrNO3S/c1-14-4-6-15(7-5-14)21(19-3-2-10-27-19)23-20(25)13-26-18-9-8-17(22)11-16(18)12-24/h2-12,21H,13H2,1H3,(H,23,25). The van der Waals surface area contributed by atoms with Gasteiger partial charge in [0.1, 0.15) is 5.75 Å². The first kappa shape index (κ1) is 19.3. The first-order chi connectivity index (χ1) is 13.1. The zero-order valence-corrected chi connectivity index (χ0v) is 17.0. The molecule has 0 fully saturated rings. The Morgan fingerprint density at radius 2 is 2.00 bits per heavy atom. The summed E-state index contributed by atoms with van der Waals surface area (Å²) in [6.07, 6.45) is 0.707. The molecule has 0 saturated heterocycles. The predicted octanol–water partition coefficient (Wildman–Crippen LogP) is 4.92. The average Bonchev–Trinajstić information content (AvgIpc) is 3.20. The van der Waals surface area contributed by atoms with E-state index in [1.807, 2.05) is 48.7 Å². The van der Waals surface area contributed by atoms with Gasteiger partial charge in [0.2, 0.25) is 0 Å². The van der Waals surface area contributed by atoms with Crippen molar-refractivity contribution >= 4 is 39.5 Å². The molecule has 1 atom stereocenters. The minimum absolute atomic E-state index is 0.170. The van der Waals surface area contributed by atoms with Gasteiger partial charge in [-0.2, -0.15) is 0 Å². The summed E-state index contributed by atoms with van der Waals surface area (Å²) in [6.45, 7) is 1.86. The van der Waals surface area contributed by atoms with E-state index in [0.717, 1.165) is 20.5 Å². The van der Waals surface area contributed by atoms with Crippen LogP contribution in [0.1, 0.15) is 32.4 Å². The maximum absolute atomic E-state index is 12.5. The molecule has 1 aromatic heterocycles. The molecule has 3 aromatic rings. The summed E-state index contributed by atoms with van der Waals surface area (Å²) in [4.78, 5) is 24.7. The highest BCUT2D eigenvalue weighted by molar-refractivity contribution is 9.10. The fourth-order valence-electron chi connectivity index (χ4n) is 2.62. The molecule has 2 aromatic carbocycles. The van der Waals surface area contributed by atoms with Crippen LogP contribution in [0.15, 0.2) is 64.5 Å². The summed E-state index contributed by atoms with van der Waals surface area (Å²) in [5.74, 6) is 0.125. The lowest BCUT2D eigenvalue weighted by atomic mass is 10.0. The highest BCUT2D eigenvalue weighted by Gasteiger charge is 2.18. The van der Waals surface area contributed by atoms with E-state index in [9.17, 15) is 9.59 Å². The molecular weight excluding hydrogens is 426 g/mol. The fraction of sp³-hybridized carbons (Fsp3) is 0.143. The Morgan fingerprint density at radius 3 is 2.67 bits per heavy atom. The van der Waals surface area contributed by atoms with E-state index in [1.54, 1.807) is 29.5 Å². The number of aryl methyl sites for hydroxylation is 1. The van der Waals surface area contributed by atoms with Crippen molar-refractivity contribution in [2.24, 2.45) is 0 Å². The number of nitrogens with one attached hydrogen (secondary N) is 1. The number of rotatable bonds is 7. The van der Waals surface area contributed by atoms with Gasteiger partial charge in [-0.3, -0.25) is 9.59 Å². The van der Waals surface area contributed by atoms with Crippen molar-refractivity contribution in [3.05, 3.63) is 86.0 Å². The van der Waals surface area contributed by atoms with Crippen molar-refractivity contribution in [2.45, 2.75) is 13.0 Å². The second-order valence-corrected chi connectivity index (χ2v) is 7.91. The zero-order chi connectivity index (χ0) is 19.2. The van der Waals surface area contributed by atoms with Gasteiger partial charge >= 0.3 is 0 Å².